The van der Waals surface area contributed by atoms with E-state index < -0.39 is 5.60 Å². The van der Waals surface area contributed by atoms with E-state index in [1.165, 1.54) is 0 Å². The zero-order chi connectivity index (χ0) is 15.1. The van der Waals surface area contributed by atoms with E-state index in [2.05, 4.69) is 27.0 Å². The Morgan fingerprint density at radius 1 is 1.45 bits per heavy atom. The first-order valence-corrected chi connectivity index (χ1v) is 7.71. The molecular weight excluding hydrogens is 248 g/mol. The van der Waals surface area contributed by atoms with Crippen LogP contribution < -0.4 is 0 Å². The van der Waals surface area contributed by atoms with Crippen molar-refractivity contribution in [2.24, 2.45) is 17.3 Å². The van der Waals surface area contributed by atoms with Crippen LogP contribution in [0.1, 0.15) is 53.4 Å². The number of ether oxygens (including phenoxy) is 1. The number of allylic oxidation sites excluding steroid dienone is 2. The molecule has 0 aromatic heterocycles. The number of hydrogen-bond acceptors (Lipinski definition) is 2. The van der Waals surface area contributed by atoms with Crippen LogP contribution in [0.3, 0.4) is 0 Å². The first-order valence-electron chi connectivity index (χ1n) is 7.71. The van der Waals surface area contributed by atoms with Gasteiger partial charge in [-0.3, -0.25) is 4.79 Å². The second kappa shape index (κ2) is 5.14. The van der Waals surface area contributed by atoms with E-state index in [-0.39, 0.29) is 23.2 Å². The van der Waals surface area contributed by atoms with E-state index in [0.717, 1.165) is 24.8 Å². The number of carbonyl (C=O) groups excluding carboxylic acids is 1. The monoisotopic (exact) mass is 276 g/mol. The molecule has 0 radical (unpaired) electrons. The van der Waals surface area contributed by atoms with Crippen LogP contribution in [0.2, 0.25) is 0 Å². The molecule has 1 aliphatic heterocycles. The molecule has 4 atom stereocenters. The Bertz CT molecular complexity index is 435. The van der Waals surface area contributed by atoms with Gasteiger partial charge in [0.05, 0.1) is 6.10 Å². The summed E-state index contributed by atoms with van der Waals surface area (Å²) in [7, 11) is 0. The van der Waals surface area contributed by atoms with Crippen molar-refractivity contribution >= 4 is 5.78 Å². The standard InChI is InChI=1S/C18H28O2/c1-7-8-9-16-17(4,5)14-10-13(12(2)3)11-15(19)18(14,6)20-16/h7,13-14,16H,1-2,8-11H2,3-6H3/t13-,14-,16-,18+/m1/s1. The van der Waals surface area contributed by atoms with Crippen molar-refractivity contribution in [3.8, 4) is 0 Å². The normalized spacial score (nSPS) is 39.4. The summed E-state index contributed by atoms with van der Waals surface area (Å²) in [5.74, 6) is 0.866. The van der Waals surface area contributed by atoms with Gasteiger partial charge in [0.1, 0.15) is 5.60 Å². The minimum Gasteiger partial charge on any atom is -0.363 e. The maximum absolute atomic E-state index is 12.6. The third-order valence-corrected chi connectivity index (χ3v) is 5.62. The maximum atomic E-state index is 12.6. The summed E-state index contributed by atoms with van der Waals surface area (Å²) in [6, 6.07) is 0. The molecule has 2 nitrogen and oxygen atoms in total. The van der Waals surface area contributed by atoms with Crippen molar-refractivity contribution in [3.63, 3.8) is 0 Å². The lowest BCUT2D eigenvalue weighted by Crippen LogP contribution is -2.49. The Hall–Kier alpha value is -0.890. The fourth-order valence-electron chi connectivity index (χ4n) is 4.12. The summed E-state index contributed by atoms with van der Waals surface area (Å²) < 4.78 is 6.28. The predicted octanol–water partition coefficient (Wildman–Crippen LogP) is 4.31. The van der Waals surface area contributed by atoms with Crippen molar-refractivity contribution in [3.05, 3.63) is 24.8 Å². The molecule has 0 N–H and O–H groups in total. The van der Waals surface area contributed by atoms with Gasteiger partial charge in [0.2, 0.25) is 0 Å². The summed E-state index contributed by atoms with van der Waals surface area (Å²) in [5, 5.41) is 0. The average Bonchev–Trinajstić information content (AvgIpc) is 2.56. The second-order valence-electron chi connectivity index (χ2n) is 7.36. The van der Waals surface area contributed by atoms with Crippen LogP contribution in [0.4, 0.5) is 0 Å². The van der Waals surface area contributed by atoms with Gasteiger partial charge in [-0.1, -0.05) is 32.1 Å². The Morgan fingerprint density at radius 2 is 2.10 bits per heavy atom. The third-order valence-electron chi connectivity index (χ3n) is 5.62. The molecule has 20 heavy (non-hydrogen) atoms. The molecule has 2 heteroatoms. The van der Waals surface area contributed by atoms with Crippen LogP contribution in [-0.4, -0.2) is 17.5 Å². The highest BCUT2D eigenvalue weighted by atomic mass is 16.5. The lowest BCUT2D eigenvalue weighted by Gasteiger charge is -2.41. The zero-order valence-corrected chi connectivity index (χ0v) is 13.4. The SMILES string of the molecule is C=CCC[C@H]1O[C@]2(C)C(=O)C[C@H](C(=C)C)C[C@@H]2C1(C)C. The lowest BCUT2D eigenvalue weighted by atomic mass is 9.60. The van der Waals surface area contributed by atoms with Crippen LogP contribution in [0, 0.1) is 17.3 Å². The lowest BCUT2D eigenvalue weighted by molar-refractivity contribution is -0.149. The quantitative estimate of drug-likeness (QED) is 0.715. The number of fused-ring (bicyclic) bond motifs is 1. The molecule has 0 amide bonds. The number of carbonyl (C=O) groups is 1. The van der Waals surface area contributed by atoms with Gasteiger partial charge in [0, 0.05) is 12.3 Å². The molecule has 0 aromatic carbocycles. The van der Waals surface area contributed by atoms with Gasteiger partial charge in [0.15, 0.2) is 5.78 Å². The van der Waals surface area contributed by atoms with Gasteiger partial charge in [-0.2, -0.15) is 0 Å². The molecule has 1 heterocycles. The van der Waals surface area contributed by atoms with Crippen molar-refractivity contribution in [1.29, 1.82) is 0 Å². The highest BCUT2D eigenvalue weighted by Crippen LogP contribution is 2.56. The average molecular weight is 276 g/mol. The number of hydrogen-bond donors (Lipinski definition) is 0. The molecule has 1 saturated heterocycles. The summed E-state index contributed by atoms with van der Waals surface area (Å²) >= 11 is 0. The van der Waals surface area contributed by atoms with E-state index in [1.54, 1.807) is 0 Å². The summed E-state index contributed by atoms with van der Waals surface area (Å²) in [5.41, 5.74) is 0.564. The van der Waals surface area contributed by atoms with Crippen LogP contribution >= 0.6 is 0 Å². The molecule has 2 fully saturated rings. The van der Waals surface area contributed by atoms with Gasteiger partial charge in [-0.15, -0.1) is 6.58 Å². The molecule has 2 aliphatic rings. The fraction of sp³-hybridized carbons (Fsp3) is 0.722. The van der Waals surface area contributed by atoms with E-state index >= 15 is 0 Å². The topological polar surface area (TPSA) is 26.3 Å². The second-order valence-corrected chi connectivity index (χ2v) is 7.36. The smallest absolute Gasteiger partial charge is 0.165 e. The Labute approximate surface area is 123 Å². The van der Waals surface area contributed by atoms with Crippen molar-refractivity contribution in [1.82, 2.24) is 0 Å². The number of rotatable bonds is 4. The zero-order valence-electron chi connectivity index (χ0n) is 13.4. The third kappa shape index (κ3) is 2.28. The highest BCUT2D eigenvalue weighted by molar-refractivity contribution is 5.89. The molecule has 112 valence electrons. The summed E-state index contributed by atoms with van der Waals surface area (Å²) in [6.45, 7) is 16.4. The van der Waals surface area contributed by atoms with Crippen molar-refractivity contribution in [2.75, 3.05) is 0 Å². The van der Waals surface area contributed by atoms with Crippen molar-refractivity contribution in [2.45, 2.75) is 65.1 Å². The molecule has 1 saturated carbocycles. The van der Waals surface area contributed by atoms with Crippen LogP contribution in [0.25, 0.3) is 0 Å². The van der Waals surface area contributed by atoms with Gasteiger partial charge >= 0.3 is 0 Å². The molecular formula is C18H28O2. The maximum Gasteiger partial charge on any atom is 0.165 e. The predicted molar refractivity (Wildman–Crippen MR) is 82.5 cm³/mol. The Kier molecular flexibility index (Phi) is 3.98. The minimum atomic E-state index is -0.596. The molecule has 0 bridgehead atoms. The van der Waals surface area contributed by atoms with Gasteiger partial charge in [0.25, 0.3) is 0 Å². The van der Waals surface area contributed by atoms with Crippen LogP contribution in [-0.2, 0) is 9.53 Å². The van der Waals surface area contributed by atoms with Gasteiger partial charge < -0.3 is 4.74 Å². The Morgan fingerprint density at radius 3 is 2.65 bits per heavy atom. The van der Waals surface area contributed by atoms with Gasteiger partial charge in [-0.05, 0) is 44.4 Å². The summed E-state index contributed by atoms with van der Waals surface area (Å²) in [4.78, 5) is 12.6. The fourth-order valence-corrected chi connectivity index (χ4v) is 4.12. The van der Waals surface area contributed by atoms with E-state index in [1.807, 2.05) is 19.9 Å². The Balaban J connectivity index is 2.29. The molecule has 0 aromatic rings. The van der Waals surface area contributed by atoms with Gasteiger partial charge in [-0.25, -0.2) is 0 Å². The first-order chi connectivity index (χ1) is 9.23. The molecule has 0 unspecified atom stereocenters. The number of ketones is 1. The molecule has 1 aliphatic carbocycles. The van der Waals surface area contributed by atoms with E-state index in [4.69, 9.17) is 4.74 Å². The highest BCUT2D eigenvalue weighted by Gasteiger charge is 2.61. The van der Waals surface area contributed by atoms with Crippen LogP contribution in [0.15, 0.2) is 24.8 Å². The van der Waals surface area contributed by atoms with E-state index in [0.29, 0.717) is 12.3 Å². The summed E-state index contributed by atoms with van der Waals surface area (Å²) in [6.07, 6.45) is 5.58. The first kappa shape index (κ1) is 15.5. The molecule has 0 spiro atoms. The van der Waals surface area contributed by atoms with Crippen molar-refractivity contribution < 1.29 is 9.53 Å². The minimum absolute atomic E-state index is 0.0293. The number of Topliss-reactive ketones (excluding diaryl/α,β-unsaturated/α-hetero) is 1. The molecule has 2 rings (SSSR count). The van der Waals surface area contributed by atoms with E-state index in [9.17, 15) is 4.79 Å². The van der Waals surface area contributed by atoms with Crippen LogP contribution in [0.5, 0.6) is 0 Å². The largest absolute Gasteiger partial charge is 0.363 e.